The molecule has 1 aliphatic rings. The zero-order chi connectivity index (χ0) is 17.4. The minimum Gasteiger partial charge on any atom is -0.293 e. The molecule has 1 aliphatic heterocycles. The lowest BCUT2D eigenvalue weighted by atomic mass is 9.95. The fraction of sp³-hybridized carbons (Fsp3) is 0.500. The van der Waals surface area contributed by atoms with E-state index in [2.05, 4.69) is 65.4 Å². The first-order valence-electron chi connectivity index (χ1n) is 9.36. The average molecular weight is 337 g/mol. The van der Waals surface area contributed by atoms with E-state index in [9.17, 15) is 0 Å². The standard InChI is InChI=1S/C20H27N5/c1-4-7-14(2)20-16-12-25(11-10-17(16)21-22-20)13-19-15-8-5-6-9-18(15)23-24(19)3/h5-6,8-9,14H,4,7,10-13H2,1-3H3,(H,21,22). The van der Waals surface area contributed by atoms with Crippen molar-refractivity contribution >= 4 is 10.9 Å². The molecule has 1 atom stereocenters. The predicted molar refractivity (Wildman–Crippen MR) is 100 cm³/mol. The third kappa shape index (κ3) is 2.97. The van der Waals surface area contributed by atoms with Gasteiger partial charge in [-0.1, -0.05) is 38.5 Å². The SMILES string of the molecule is CCCC(C)c1n[nH]c2c1CN(Cc1c3ccccc3nn1C)CC2. The summed E-state index contributed by atoms with van der Waals surface area (Å²) in [4.78, 5) is 2.53. The predicted octanol–water partition coefficient (Wildman–Crippen LogP) is 3.76. The minimum absolute atomic E-state index is 0.530. The van der Waals surface area contributed by atoms with Gasteiger partial charge in [0, 0.05) is 55.7 Å². The van der Waals surface area contributed by atoms with Gasteiger partial charge in [0.25, 0.3) is 0 Å². The van der Waals surface area contributed by atoms with Gasteiger partial charge in [-0.2, -0.15) is 10.2 Å². The van der Waals surface area contributed by atoms with Crippen LogP contribution in [-0.4, -0.2) is 31.4 Å². The molecule has 3 aromatic rings. The van der Waals surface area contributed by atoms with Crippen molar-refractivity contribution in [1.29, 1.82) is 0 Å². The second kappa shape index (κ2) is 6.64. The second-order valence-electron chi connectivity index (χ2n) is 7.30. The van der Waals surface area contributed by atoms with Crippen molar-refractivity contribution in [1.82, 2.24) is 24.9 Å². The summed E-state index contributed by atoms with van der Waals surface area (Å²) in [7, 11) is 2.05. The molecule has 0 bridgehead atoms. The molecule has 2 aromatic heterocycles. The monoisotopic (exact) mass is 337 g/mol. The van der Waals surface area contributed by atoms with Gasteiger partial charge in [0.05, 0.1) is 16.9 Å². The normalized spacial score (nSPS) is 16.3. The molecule has 5 nitrogen and oxygen atoms in total. The first kappa shape index (κ1) is 16.3. The molecule has 132 valence electrons. The van der Waals surface area contributed by atoms with E-state index in [-0.39, 0.29) is 0 Å². The summed E-state index contributed by atoms with van der Waals surface area (Å²) in [6.45, 7) is 7.53. The molecule has 0 saturated heterocycles. The highest BCUT2D eigenvalue weighted by Crippen LogP contribution is 2.29. The van der Waals surface area contributed by atoms with Crippen LogP contribution in [0.5, 0.6) is 0 Å². The van der Waals surface area contributed by atoms with Gasteiger partial charge in [0.15, 0.2) is 0 Å². The van der Waals surface area contributed by atoms with Gasteiger partial charge in [0.1, 0.15) is 0 Å². The summed E-state index contributed by atoms with van der Waals surface area (Å²) in [5.41, 5.74) is 6.42. The Balaban J connectivity index is 1.58. The molecule has 4 rings (SSSR count). The summed E-state index contributed by atoms with van der Waals surface area (Å²) in [5, 5.41) is 13.9. The Kier molecular flexibility index (Phi) is 4.34. The zero-order valence-corrected chi connectivity index (χ0v) is 15.4. The third-order valence-corrected chi connectivity index (χ3v) is 5.47. The van der Waals surface area contributed by atoms with Crippen LogP contribution >= 0.6 is 0 Å². The number of aromatic nitrogens is 4. The van der Waals surface area contributed by atoms with Crippen molar-refractivity contribution in [2.24, 2.45) is 7.05 Å². The van der Waals surface area contributed by atoms with Crippen LogP contribution in [0.2, 0.25) is 0 Å². The van der Waals surface area contributed by atoms with E-state index in [4.69, 9.17) is 0 Å². The van der Waals surface area contributed by atoms with Crippen molar-refractivity contribution in [3.8, 4) is 0 Å². The number of hydrogen-bond acceptors (Lipinski definition) is 3. The molecule has 25 heavy (non-hydrogen) atoms. The number of benzene rings is 1. The van der Waals surface area contributed by atoms with Gasteiger partial charge in [-0.15, -0.1) is 0 Å². The Labute approximate surface area is 149 Å². The Hall–Kier alpha value is -2.14. The molecule has 0 aliphatic carbocycles. The van der Waals surface area contributed by atoms with Crippen molar-refractivity contribution < 1.29 is 0 Å². The summed E-state index contributed by atoms with van der Waals surface area (Å²) in [6, 6.07) is 8.43. The number of nitrogens with zero attached hydrogens (tertiary/aromatic N) is 4. The molecule has 0 fully saturated rings. The Morgan fingerprint density at radius 1 is 1.28 bits per heavy atom. The highest BCUT2D eigenvalue weighted by molar-refractivity contribution is 5.81. The van der Waals surface area contributed by atoms with Crippen LogP contribution in [0.3, 0.4) is 0 Å². The van der Waals surface area contributed by atoms with Gasteiger partial charge in [-0.25, -0.2) is 0 Å². The van der Waals surface area contributed by atoms with Gasteiger partial charge >= 0.3 is 0 Å². The van der Waals surface area contributed by atoms with Crippen molar-refractivity contribution in [2.45, 2.75) is 52.1 Å². The van der Waals surface area contributed by atoms with Crippen LogP contribution in [-0.2, 0) is 26.6 Å². The maximum atomic E-state index is 4.65. The lowest BCUT2D eigenvalue weighted by molar-refractivity contribution is 0.238. The molecular formula is C20H27N5. The van der Waals surface area contributed by atoms with E-state index in [0.717, 1.165) is 31.6 Å². The molecule has 5 heteroatoms. The van der Waals surface area contributed by atoms with E-state index < -0.39 is 0 Å². The summed E-state index contributed by atoms with van der Waals surface area (Å²) < 4.78 is 2.04. The molecule has 0 saturated carbocycles. The summed E-state index contributed by atoms with van der Waals surface area (Å²) in [6.07, 6.45) is 3.45. The van der Waals surface area contributed by atoms with E-state index in [1.54, 1.807) is 0 Å². The quantitative estimate of drug-likeness (QED) is 0.771. The van der Waals surface area contributed by atoms with Crippen molar-refractivity contribution in [2.75, 3.05) is 6.54 Å². The van der Waals surface area contributed by atoms with Gasteiger partial charge < -0.3 is 0 Å². The van der Waals surface area contributed by atoms with Gasteiger partial charge in [-0.3, -0.25) is 14.7 Å². The molecule has 0 radical (unpaired) electrons. The van der Waals surface area contributed by atoms with Crippen LogP contribution in [0, 0.1) is 0 Å². The smallest absolute Gasteiger partial charge is 0.0926 e. The topological polar surface area (TPSA) is 49.7 Å². The average Bonchev–Trinajstić information content (AvgIpc) is 3.16. The molecule has 1 aromatic carbocycles. The minimum atomic E-state index is 0.530. The van der Waals surface area contributed by atoms with Crippen LogP contribution in [0.25, 0.3) is 10.9 Å². The van der Waals surface area contributed by atoms with Crippen molar-refractivity contribution in [3.05, 3.63) is 46.9 Å². The number of aromatic amines is 1. The van der Waals surface area contributed by atoms with Crippen LogP contribution in [0.15, 0.2) is 24.3 Å². The molecule has 3 heterocycles. The van der Waals surface area contributed by atoms with Gasteiger partial charge in [-0.05, 0) is 12.5 Å². The Bertz CT molecular complexity index is 875. The Morgan fingerprint density at radius 2 is 2.12 bits per heavy atom. The summed E-state index contributed by atoms with van der Waals surface area (Å²) >= 11 is 0. The number of nitrogens with one attached hydrogen (secondary N) is 1. The van der Waals surface area contributed by atoms with E-state index in [0.29, 0.717) is 5.92 Å². The van der Waals surface area contributed by atoms with E-state index in [1.807, 2.05) is 4.68 Å². The molecule has 0 amide bonds. The molecular weight excluding hydrogens is 310 g/mol. The fourth-order valence-corrected chi connectivity index (χ4v) is 4.09. The lowest BCUT2D eigenvalue weighted by Gasteiger charge is -2.27. The van der Waals surface area contributed by atoms with Crippen LogP contribution in [0.4, 0.5) is 0 Å². The van der Waals surface area contributed by atoms with E-state index in [1.165, 1.54) is 40.9 Å². The number of rotatable bonds is 5. The van der Waals surface area contributed by atoms with E-state index >= 15 is 0 Å². The van der Waals surface area contributed by atoms with Crippen LogP contribution < -0.4 is 0 Å². The number of fused-ring (bicyclic) bond motifs is 2. The maximum Gasteiger partial charge on any atom is 0.0926 e. The van der Waals surface area contributed by atoms with Crippen molar-refractivity contribution in [3.63, 3.8) is 0 Å². The van der Waals surface area contributed by atoms with Gasteiger partial charge in [0.2, 0.25) is 0 Å². The highest BCUT2D eigenvalue weighted by atomic mass is 15.3. The first-order chi connectivity index (χ1) is 12.2. The lowest BCUT2D eigenvalue weighted by Crippen LogP contribution is -2.31. The molecule has 1 unspecified atom stereocenters. The zero-order valence-electron chi connectivity index (χ0n) is 15.4. The van der Waals surface area contributed by atoms with Crippen LogP contribution in [0.1, 0.15) is 55.3 Å². The third-order valence-electron chi connectivity index (χ3n) is 5.47. The Morgan fingerprint density at radius 3 is 2.96 bits per heavy atom. The number of H-pyrrole nitrogens is 1. The molecule has 0 spiro atoms. The molecule has 1 N–H and O–H groups in total. The first-order valence-corrected chi connectivity index (χ1v) is 9.36. The largest absolute Gasteiger partial charge is 0.293 e. The fourth-order valence-electron chi connectivity index (χ4n) is 4.09. The summed E-state index contributed by atoms with van der Waals surface area (Å²) in [5.74, 6) is 0.530. The highest BCUT2D eigenvalue weighted by Gasteiger charge is 2.25. The number of aryl methyl sites for hydroxylation is 1. The number of hydrogen-bond donors (Lipinski definition) is 1. The maximum absolute atomic E-state index is 4.65. The second-order valence-corrected chi connectivity index (χ2v) is 7.30.